The minimum Gasteiger partial charge on any atom is -0.326 e. The highest BCUT2D eigenvalue weighted by molar-refractivity contribution is 5.29. The van der Waals surface area contributed by atoms with Gasteiger partial charge >= 0.3 is 0 Å². The van der Waals surface area contributed by atoms with E-state index in [1.807, 2.05) is 41.5 Å². The molecular weight excluding hydrogens is 194 g/mol. The Morgan fingerprint density at radius 2 is 1.31 bits per heavy atom. The molecule has 0 aliphatic heterocycles. The van der Waals surface area contributed by atoms with Gasteiger partial charge in [0.2, 0.25) is 0 Å². The summed E-state index contributed by atoms with van der Waals surface area (Å²) in [5, 5.41) is 0. The van der Waals surface area contributed by atoms with Crippen molar-refractivity contribution in [3.05, 3.63) is 34.9 Å². The van der Waals surface area contributed by atoms with Crippen LogP contribution in [0, 0.1) is 13.8 Å². The summed E-state index contributed by atoms with van der Waals surface area (Å²) in [6, 6.07) is 6.35. The zero-order valence-corrected chi connectivity index (χ0v) is 12.5. The maximum Gasteiger partial charge on any atom is 0.0180 e. The highest BCUT2D eigenvalue weighted by atomic mass is 14.5. The number of hydrogen-bond acceptors (Lipinski definition) is 1. The summed E-state index contributed by atoms with van der Waals surface area (Å²) in [6.45, 7) is 16.8. The number of hydrogen-bond donors (Lipinski definition) is 1. The smallest absolute Gasteiger partial charge is 0.0180 e. The maximum absolute atomic E-state index is 5.52. The molecule has 96 valence electrons. The summed E-state index contributed by atoms with van der Waals surface area (Å²) >= 11 is 0. The lowest BCUT2D eigenvalue weighted by molar-refractivity contribution is 1.04. The van der Waals surface area contributed by atoms with Crippen molar-refractivity contribution in [3.8, 4) is 0 Å². The van der Waals surface area contributed by atoms with Gasteiger partial charge < -0.3 is 5.73 Å². The molecule has 0 aliphatic carbocycles. The Bertz CT molecular complexity index is 229. The fraction of sp³-hybridized carbons (Fsp3) is 0.600. The van der Waals surface area contributed by atoms with Crippen LogP contribution in [0.2, 0.25) is 0 Å². The summed E-state index contributed by atoms with van der Waals surface area (Å²) in [7, 11) is 0. The Labute approximate surface area is 103 Å². The number of nitrogens with two attached hydrogens (primary N) is 1. The first-order valence-electron chi connectivity index (χ1n) is 6.50. The number of aryl methyl sites for hydroxylation is 2. The van der Waals surface area contributed by atoms with Gasteiger partial charge in [-0.25, -0.2) is 0 Å². The van der Waals surface area contributed by atoms with Crippen LogP contribution in [-0.4, -0.2) is 0 Å². The van der Waals surface area contributed by atoms with Crippen LogP contribution >= 0.6 is 0 Å². The van der Waals surface area contributed by atoms with Crippen LogP contribution in [0.5, 0.6) is 0 Å². The molecule has 1 rings (SSSR count). The molecular formula is C15H31N. The van der Waals surface area contributed by atoms with Crippen LogP contribution < -0.4 is 5.73 Å². The van der Waals surface area contributed by atoms with E-state index in [9.17, 15) is 0 Å². The molecule has 0 radical (unpaired) electrons. The summed E-state index contributed by atoms with van der Waals surface area (Å²) in [6.07, 6.45) is 0. The van der Waals surface area contributed by atoms with E-state index in [2.05, 4.69) is 32.0 Å². The highest BCUT2D eigenvalue weighted by Gasteiger charge is 1.93. The van der Waals surface area contributed by atoms with Crippen molar-refractivity contribution in [3.63, 3.8) is 0 Å². The third-order valence-corrected chi connectivity index (χ3v) is 1.72. The molecule has 0 atom stereocenters. The second-order valence-electron chi connectivity index (χ2n) is 2.63. The second kappa shape index (κ2) is 16.6. The Morgan fingerprint density at radius 3 is 1.62 bits per heavy atom. The first-order chi connectivity index (χ1) is 7.74. The van der Waals surface area contributed by atoms with E-state index in [-0.39, 0.29) is 0 Å². The molecule has 0 bridgehead atoms. The molecule has 16 heavy (non-hydrogen) atoms. The van der Waals surface area contributed by atoms with Crippen LogP contribution in [0.25, 0.3) is 0 Å². The lowest BCUT2D eigenvalue weighted by atomic mass is 10.1. The Morgan fingerprint density at radius 1 is 0.875 bits per heavy atom. The zero-order valence-electron chi connectivity index (χ0n) is 12.5. The molecule has 1 aromatic rings. The summed E-state index contributed by atoms with van der Waals surface area (Å²) in [4.78, 5) is 0. The van der Waals surface area contributed by atoms with Crippen molar-refractivity contribution in [2.75, 3.05) is 0 Å². The van der Waals surface area contributed by atoms with Gasteiger partial charge in [-0.05, 0) is 25.0 Å². The molecule has 1 heteroatoms. The Hall–Kier alpha value is -0.820. The minimum atomic E-state index is 0.646. The monoisotopic (exact) mass is 225 g/mol. The summed E-state index contributed by atoms with van der Waals surface area (Å²) in [5.74, 6) is 0. The lowest BCUT2D eigenvalue weighted by Gasteiger charge is -2.02. The van der Waals surface area contributed by atoms with Crippen molar-refractivity contribution >= 4 is 0 Å². The van der Waals surface area contributed by atoms with Gasteiger partial charge in [-0.3, -0.25) is 0 Å². The summed E-state index contributed by atoms with van der Waals surface area (Å²) in [5.41, 5.74) is 9.34. The maximum atomic E-state index is 5.52. The van der Waals surface area contributed by atoms with Gasteiger partial charge in [-0.2, -0.15) is 0 Å². The molecule has 0 aromatic heterocycles. The van der Waals surface area contributed by atoms with Crippen molar-refractivity contribution in [1.82, 2.24) is 0 Å². The first kappa shape index (κ1) is 20.6. The van der Waals surface area contributed by atoms with Crippen LogP contribution in [0.3, 0.4) is 0 Å². The minimum absolute atomic E-state index is 0.646. The fourth-order valence-electron chi connectivity index (χ4n) is 1.02. The van der Waals surface area contributed by atoms with Gasteiger partial charge in [-0.15, -0.1) is 0 Å². The largest absolute Gasteiger partial charge is 0.326 e. The number of rotatable bonds is 1. The Balaban J connectivity index is -0.000000245. The Kier molecular flexibility index (Phi) is 21.4. The second-order valence-corrected chi connectivity index (χ2v) is 2.63. The predicted octanol–water partition coefficient (Wildman–Crippen LogP) is 4.84. The van der Waals surface area contributed by atoms with E-state index in [1.165, 1.54) is 16.7 Å². The summed E-state index contributed by atoms with van der Waals surface area (Å²) < 4.78 is 0. The highest BCUT2D eigenvalue weighted by Crippen LogP contribution is 2.08. The van der Waals surface area contributed by atoms with Gasteiger partial charge in [0.05, 0.1) is 0 Å². The molecule has 0 amide bonds. The third-order valence-electron chi connectivity index (χ3n) is 1.72. The molecule has 0 aliphatic rings. The molecule has 1 aromatic carbocycles. The normalized spacial score (nSPS) is 7.31. The lowest BCUT2D eigenvalue weighted by Crippen LogP contribution is -1.98. The van der Waals surface area contributed by atoms with Crippen molar-refractivity contribution in [2.24, 2.45) is 5.73 Å². The average Bonchev–Trinajstić information content (AvgIpc) is 2.39. The van der Waals surface area contributed by atoms with Crippen LogP contribution in [0.1, 0.15) is 58.2 Å². The topological polar surface area (TPSA) is 26.0 Å². The molecule has 0 spiro atoms. The van der Waals surface area contributed by atoms with Crippen molar-refractivity contribution < 1.29 is 0 Å². The molecule has 0 fully saturated rings. The van der Waals surface area contributed by atoms with Gasteiger partial charge in [0, 0.05) is 6.54 Å². The first-order valence-corrected chi connectivity index (χ1v) is 6.50. The van der Waals surface area contributed by atoms with E-state index in [4.69, 9.17) is 5.73 Å². The molecule has 0 unspecified atom stereocenters. The van der Waals surface area contributed by atoms with E-state index in [0.717, 1.165) is 0 Å². The molecule has 0 heterocycles. The third kappa shape index (κ3) is 9.72. The molecule has 0 saturated heterocycles. The van der Waals surface area contributed by atoms with E-state index in [0.29, 0.717) is 6.54 Å². The molecule has 1 nitrogen and oxygen atoms in total. The zero-order chi connectivity index (χ0) is 13.6. The quantitative estimate of drug-likeness (QED) is 0.727. The van der Waals surface area contributed by atoms with E-state index >= 15 is 0 Å². The standard InChI is InChI=1S/C9H13N.3C2H6/c1-7-3-4-8(2)9(5-7)6-10;3*1-2/h3-5H,6,10H2,1-2H3;3*1-2H3. The van der Waals surface area contributed by atoms with Crippen molar-refractivity contribution in [1.29, 1.82) is 0 Å². The van der Waals surface area contributed by atoms with E-state index < -0.39 is 0 Å². The average molecular weight is 225 g/mol. The van der Waals surface area contributed by atoms with Crippen LogP contribution in [0.15, 0.2) is 18.2 Å². The molecule has 2 N–H and O–H groups in total. The van der Waals surface area contributed by atoms with Gasteiger partial charge in [0.25, 0.3) is 0 Å². The van der Waals surface area contributed by atoms with Gasteiger partial charge in [0.15, 0.2) is 0 Å². The van der Waals surface area contributed by atoms with E-state index in [1.54, 1.807) is 0 Å². The predicted molar refractivity (Wildman–Crippen MR) is 77.9 cm³/mol. The number of benzene rings is 1. The molecule has 0 saturated carbocycles. The van der Waals surface area contributed by atoms with Crippen LogP contribution in [0.4, 0.5) is 0 Å². The SMILES string of the molecule is CC.CC.CC.Cc1ccc(C)c(CN)c1. The van der Waals surface area contributed by atoms with Gasteiger partial charge in [0.1, 0.15) is 0 Å². The van der Waals surface area contributed by atoms with Crippen LogP contribution in [-0.2, 0) is 6.54 Å². The fourth-order valence-corrected chi connectivity index (χ4v) is 1.02. The van der Waals surface area contributed by atoms with Gasteiger partial charge in [-0.1, -0.05) is 65.3 Å². The van der Waals surface area contributed by atoms with Crippen molar-refractivity contribution in [2.45, 2.75) is 61.9 Å².